The van der Waals surface area contributed by atoms with Crippen LogP contribution in [0.25, 0.3) is 0 Å². The molecular weight excluding hydrogens is 184 g/mol. The van der Waals surface area contributed by atoms with Crippen molar-refractivity contribution in [3.8, 4) is 0 Å². The summed E-state index contributed by atoms with van der Waals surface area (Å²) in [4.78, 5) is 0. The van der Waals surface area contributed by atoms with E-state index in [0.717, 1.165) is 5.56 Å². The molecule has 0 bridgehead atoms. The third-order valence-corrected chi connectivity index (χ3v) is 2.92. The summed E-state index contributed by atoms with van der Waals surface area (Å²) in [7, 11) is 0. The molecule has 0 aromatic heterocycles. The maximum atomic E-state index is 13.9. The van der Waals surface area contributed by atoms with Gasteiger partial charge in [0.2, 0.25) is 0 Å². The fourth-order valence-electron chi connectivity index (χ4n) is 1.97. The quantitative estimate of drug-likeness (QED) is 0.732. The van der Waals surface area contributed by atoms with Crippen LogP contribution in [0.4, 0.5) is 8.78 Å². The third-order valence-electron chi connectivity index (χ3n) is 2.92. The van der Waals surface area contributed by atoms with Crippen LogP contribution in [-0.2, 0) is 12.8 Å². The molecule has 0 amide bonds. The van der Waals surface area contributed by atoms with Crippen molar-refractivity contribution in [2.45, 2.75) is 24.9 Å². The van der Waals surface area contributed by atoms with Gasteiger partial charge in [-0.25, -0.2) is 8.78 Å². The van der Waals surface area contributed by atoms with Gasteiger partial charge in [-0.15, -0.1) is 0 Å². The second kappa shape index (κ2) is 3.31. The lowest BCUT2D eigenvalue weighted by molar-refractivity contribution is 0.149. The minimum atomic E-state index is -1.41. The van der Waals surface area contributed by atoms with Crippen LogP contribution in [0.2, 0.25) is 0 Å². The fraction of sp³-hybridized carbons (Fsp3) is 0.455. The van der Waals surface area contributed by atoms with E-state index in [1.807, 2.05) is 6.07 Å². The number of fused-ring (bicyclic) bond motifs is 1. The normalized spacial score (nSPS) is 25.9. The molecule has 76 valence electrons. The fourth-order valence-corrected chi connectivity index (χ4v) is 1.97. The largest absolute Gasteiger partial charge is 0.328 e. The maximum Gasteiger partial charge on any atom is 0.127 e. The first-order valence-electron chi connectivity index (χ1n) is 4.80. The van der Waals surface area contributed by atoms with Gasteiger partial charge in [0.15, 0.2) is 0 Å². The molecule has 0 saturated heterocycles. The lowest BCUT2D eigenvalue weighted by atomic mass is 9.81. The Bertz CT molecular complexity index is 351. The molecule has 1 nitrogen and oxygen atoms in total. The zero-order chi connectivity index (χ0) is 10.2. The molecule has 0 fully saturated rings. The SMILES string of the molecule is NCC1(F)CCc2cccc(F)c2C1. The van der Waals surface area contributed by atoms with Crippen molar-refractivity contribution >= 4 is 0 Å². The molecule has 14 heavy (non-hydrogen) atoms. The van der Waals surface area contributed by atoms with Crippen molar-refractivity contribution in [1.82, 2.24) is 0 Å². The van der Waals surface area contributed by atoms with E-state index < -0.39 is 5.67 Å². The topological polar surface area (TPSA) is 26.0 Å². The molecule has 1 aliphatic rings. The zero-order valence-electron chi connectivity index (χ0n) is 7.89. The van der Waals surface area contributed by atoms with E-state index in [2.05, 4.69) is 0 Å². The van der Waals surface area contributed by atoms with E-state index in [0.29, 0.717) is 18.4 Å². The molecule has 1 aliphatic carbocycles. The summed E-state index contributed by atoms with van der Waals surface area (Å²) >= 11 is 0. The number of aryl methyl sites for hydroxylation is 1. The Labute approximate surface area is 81.9 Å². The summed E-state index contributed by atoms with van der Waals surface area (Å²) in [6.07, 6.45) is 1.10. The van der Waals surface area contributed by atoms with Gasteiger partial charge in [-0.05, 0) is 30.0 Å². The van der Waals surface area contributed by atoms with Crippen LogP contribution < -0.4 is 5.73 Å². The van der Waals surface area contributed by atoms with Crippen molar-refractivity contribution in [2.24, 2.45) is 5.73 Å². The Morgan fingerprint density at radius 3 is 2.93 bits per heavy atom. The van der Waals surface area contributed by atoms with E-state index in [1.165, 1.54) is 6.07 Å². The minimum absolute atomic E-state index is 0.0270. The highest BCUT2D eigenvalue weighted by molar-refractivity contribution is 5.33. The highest BCUT2D eigenvalue weighted by atomic mass is 19.1. The Hall–Kier alpha value is -0.960. The molecule has 3 heteroatoms. The highest BCUT2D eigenvalue weighted by Crippen LogP contribution is 2.32. The van der Waals surface area contributed by atoms with Gasteiger partial charge < -0.3 is 5.73 Å². The van der Waals surface area contributed by atoms with Gasteiger partial charge in [0.05, 0.1) is 0 Å². The Morgan fingerprint density at radius 2 is 2.21 bits per heavy atom. The molecule has 1 aromatic carbocycles. The molecule has 2 N–H and O–H groups in total. The van der Waals surface area contributed by atoms with E-state index >= 15 is 0 Å². The minimum Gasteiger partial charge on any atom is -0.328 e. The van der Waals surface area contributed by atoms with E-state index in [4.69, 9.17) is 5.73 Å². The van der Waals surface area contributed by atoms with Crippen molar-refractivity contribution in [3.05, 3.63) is 35.1 Å². The number of benzene rings is 1. The highest BCUT2D eigenvalue weighted by Gasteiger charge is 2.34. The van der Waals surface area contributed by atoms with Gasteiger partial charge in [0.25, 0.3) is 0 Å². The predicted octanol–water partition coefficient (Wildman–Crippen LogP) is 1.98. The van der Waals surface area contributed by atoms with Crippen LogP contribution in [0.15, 0.2) is 18.2 Å². The Morgan fingerprint density at radius 1 is 1.43 bits per heavy atom. The Balaban J connectivity index is 2.38. The molecule has 1 atom stereocenters. The van der Waals surface area contributed by atoms with Crippen molar-refractivity contribution in [1.29, 1.82) is 0 Å². The summed E-state index contributed by atoms with van der Waals surface area (Å²) in [6.45, 7) is -0.0270. The molecule has 0 aliphatic heterocycles. The van der Waals surface area contributed by atoms with Crippen LogP contribution >= 0.6 is 0 Å². The monoisotopic (exact) mass is 197 g/mol. The van der Waals surface area contributed by atoms with Crippen LogP contribution in [0.5, 0.6) is 0 Å². The standard InChI is InChI=1S/C11H13F2N/c12-10-3-1-2-8-4-5-11(13,7-14)6-9(8)10/h1-3H,4-7,14H2. The first-order chi connectivity index (χ1) is 6.64. The second-order valence-corrected chi connectivity index (χ2v) is 3.91. The van der Waals surface area contributed by atoms with Gasteiger partial charge in [-0.3, -0.25) is 0 Å². The van der Waals surface area contributed by atoms with Gasteiger partial charge in [0, 0.05) is 13.0 Å². The number of nitrogens with two attached hydrogens (primary N) is 1. The van der Waals surface area contributed by atoms with Crippen LogP contribution in [0.3, 0.4) is 0 Å². The number of rotatable bonds is 1. The molecule has 0 spiro atoms. The van der Waals surface area contributed by atoms with E-state index in [1.54, 1.807) is 6.07 Å². The summed E-state index contributed by atoms with van der Waals surface area (Å²) in [5.41, 5.74) is 5.37. The molecule has 0 radical (unpaired) electrons. The van der Waals surface area contributed by atoms with Crippen LogP contribution in [0.1, 0.15) is 17.5 Å². The van der Waals surface area contributed by atoms with E-state index in [9.17, 15) is 8.78 Å². The average molecular weight is 197 g/mol. The second-order valence-electron chi connectivity index (χ2n) is 3.91. The molecule has 1 aromatic rings. The van der Waals surface area contributed by atoms with Gasteiger partial charge in [0.1, 0.15) is 11.5 Å². The average Bonchev–Trinajstić information content (AvgIpc) is 2.20. The van der Waals surface area contributed by atoms with Crippen molar-refractivity contribution in [2.75, 3.05) is 6.54 Å². The lowest BCUT2D eigenvalue weighted by Crippen LogP contribution is -2.39. The maximum absolute atomic E-state index is 13.9. The summed E-state index contributed by atoms with van der Waals surface area (Å²) in [6, 6.07) is 4.90. The molecule has 0 heterocycles. The first kappa shape index (κ1) is 9.59. The van der Waals surface area contributed by atoms with Crippen LogP contribution in [0, 0.1) is 5.82 Å². The molecule has 0 saturated carbocycles. The first-order valence-corrected chi connectivity index (χ1v) is 4.80. The third kappa shape index (κ3) is 1.52. The predicted molar refractivity (Wildman–Crippen MR) is 51.3 cm³/mol. The van der Waals surface area contributed by atoms with E-state index in [-0.39, 0.29) is 18.8 Å². The van der Waals surface area contributed by atoms with Gasteiger partial charge in [-0.1, -0.05) is 12.1 Å². The van der Waals surface area contributed by atoms with Crippen molar-refractivity contribution in [3.63, 3.8) is 0 Å². The number of hydrogen-bond acceptors (Lipinski definition) is 1. The lowest BCUT2D eigenvalue weighted by Gasteiger charge is -2.30. The van der Waals surface area contributed by atoms with Crippen molar-refractivity contribution < 1.29 is 8.78 Å². The summed E-state index contributed by atoms with van der Waals surface area (Å²) in [5.74, 6) is -0.308. The number of halogens is 2. The smallest absolute Gasteiger partial charge is 0.127 e. The van der Waals surface area contributed by atoms with Gasteiger partial charge >= 0.3 is 0 Å². The molecular formula is C11H13F2N. The van der Waals surface area contributed by atoms with Gasteiger partial charge in [-0.2, -0.15) is 0 Å². The Kier molecular flexibility index (Phi) is 2.27. The summed E-state index contributed by atoms with van der Waals surface area (Å²) in [5, 5.41) is 0. The van der Waals surface area contributed by atoms with Crippen LogP contribution in [-0.4, -0.2) is 12.2 Å². The zero-order valence-corrected chi connectivity index (χ0v) is 7.89. The molecule has 1 unspecified atom stereocenters. The number of hydrogen-bond donors (Lipinski definition) is 1. The summed E-state index contributed by atoms with van der Waals surface area (Å²) < 4.78 is 27.2. The number of alkyl halides is 1. The molecule has 2 rings (SSSR count).